The number of ether oxygens (including phenoxy) is 1. The Bertz CT molecular complexity index is 482. The number of hydrogen-bond acceptors (Lipinski definition) is 4. The minimum atomic E-state index is -0.961. The van der Waals surface area contributed by atoms with Crippen LogP contribution in [0.15, 0.2) is 28.7 Å². The first-order valence-electron chi connectivity index (χ1n) is 6.41. The van der Waals surface area contributed by atoms with E-state index in [2.05, 4.69) is 15.9 Å². The Hall–Kier alpha value is -1.24. The molecule has 1 aliphatic heterocycles. The van der Waals surface area contributed by atoms with Gasteiger partial charge in [0.15, 0.2) is 5.78 Å². The molecule has 0 amide bonds. The van der Waals surface area contributed by atoms with Crippen LogP contribution in [-0.2, 0) is 9.53 Å². The first-order chi connectivity index (χ1) is 9.58. The highest BCUT2D eigenvalue weighted by Gasteiger charge is 2.29. The molecule has 0 bridgehead atoms. The zero-order chi connectivity index (χ0) is 14.5. The molecule has 0 saturated carbocycles. The topological polar surface area (TPSA) is 66.8 Å². The number of benzene rings is 1. The summed E-state index contributed by atoms with van der Waals surface area (Å²) in [5.74, 6) is -1.12. The average molecular weight is 342 g/mol. The number of halogens is 1. The van der Waals surface area contributed by atoms with Crippen LogP contribution < -0.4 is 0 Å². The molecule has 5 nitrogen and oxygen atoms in total. The van der Waals surface area contributed by atoms with E-state index in [9.17, 15) is 14.7 Å². The molecule has 0 radical (unpaired) electrons. The van der Waals surface area contributed by atoms with Crippen LogP contribution in [0, 0.1) is 0 Å². The number of hydrogen-bond donors (Lipinski definition) is 1. The third kappa shape index (κ3) is 3.88. The molecule has 108 valence electrons. The molecule has 1 saturated heterocycles. The van der Waals surface area contributed by atoms with Crippen molar-refractivity contribution in [3.63, 3.8) is 0 Å². The van der Waals surface area contributed by atoms with Gasteiger partial charge in [-0.15, -0.1) is 0 Å². The van der Waals surface area contributed by atoms with Crippen molar-refractivity contribution < 1.29 is 19.4 Å². The van der Waals surface area contributed by atoms with Crippen molar-refractivity contribution in [2.45, 2.75) is 12.5 Å². The van der Waals surface area contributed by atoms with Crippen LogP contribution in [0.1, 0.15) is 16.8 Å². The van der Waals surface area contributed by atoms with E-state index < -0.39 is 12.0 Å². The molecule has 0 spiro atoms. The monoisotopic (exact) mass is 341 g/mol. The quantitative estimate of drug-likeness (QED) is 0.827. The third-order valence-corrected chi connectivity index (χ3v) is 3.85. The number of morpholine rings is 1. The van der Waals surface area contributed by atoms with Gasteiger partial charge < -0.3 is 9.84 Å². The van der Waals surface area contributed by atoms with Crippen LogP contribution in [0.4, 0.5) is 0 Å². The molecular formula is C14H16BrNO4. The number of carboxylic acids is 1. The maximum atomic E-state index is 12.2. The highest BCUT2D eigenvalue weighted by molar-refractivity contribution is 9.10. The molecule has 6 heteroatoms. The molecular weight excluding hydrogens is 326 g/mol. The number of carbonyl (C=O) groups excluding carboxylic acids is 1. The molecule has 0 aliphatic carbocycles. The molecule has 1 fully saturated rings. The zero-order valence-electron chi connectivity index (χ0n) is 10.9. The number of carboxylic acid groups (broad SMARTS) is 1. The lowest BCUT2D eigenvalue weighted by atomic mass is 10.0. The second-order valence-corrected chi connectivity index (χ2v) is 5.55. The predicted molar refractivity (Wildman–Crippen MR) is 76.9 cm³/mol. The van der Waals surface area contributed by atoms with Gasteiger partial charge in [-0.25, -0.2) is 0 Å². The Kier molecular flexibility index (Phi) is 5.28. The van der Waals surface area contributed by atoms with Crippen molar-refractivity contribution in [1.82, 2.24) is 4.90 Å². The fourth-order valence-corrected chi connectivity index (χ4v) is 2.46. The van der Waals surface area contributed by atoms with Crippen LogP contribution in [0.5, 0.6) is 0 Å². The standard InChI is InChI=1S/C14H16BrNO4/c15-11-3-1-10(2-4-11)13(17)9-12(14(18)19)16-5-7-20-8-6-16/h1-4,12H,5-9H2,(H,18,19). The summed E-state index contributed by atoms with van der Waals surface area (Å²) >= 11 is 3.30. The van der Waals surface area contributed by atoms with Crippen molar-refractivity contribution in [3.05, 3.63) is 34.3 Å². The number of nitrogens with zero attached hydrogens (tertiary/aromatic N) is 1. The normalized spacial score (nSPS) is 17.6. The second-order valence-electron chi connectivity index (χ2n) is 4.64. The summed E-state index contributed by atoms with van der Waals surface area (Å²) in [6.07, 6.45) is -0.0169. The Morgan fingerprint density at radius 2 is 1.85 bits per heavy atom. The van der Waals surface area contributed by atoms with Gasteiger partial charge in [0.2, 0.25) is 0 Å². The molecule has 1 unspecified atom stereocenters. The smallest absolute Gasteiger partial charge is 0.321 e. The molecule has 0 aromatic heterocycles. The molecule has 1 aromatic rings. The summed E-state index contributed by atoms with van der Waals surface area (Å²) in [6.45, 7) is 2.11. The third-order valence-electron chi connectivity index (χ3n) is 3.32. The number of aliphatic carboxylic acids is 1. The van der Waals surface area contributed by atoms with Gasteiger partial charge in [0, 0.05) is 29.5 Å². The largest absolute Gasteiger partial charge is 0.480 e. The lowest BCUT2D eigenvalue weighted by Gasteiger charge is -2.31. The van der Waals surface area contributed by atoms with Gasteiger partial charge in [0.1, 0.15) is 6.04 Å². The van der Waals surface area contributed by atoms with Gasteiger partial charge in [-0.1, -0.05) is 28.1 Å². The van der Waals surface area contributed by atoms with Crippen molar-refractivity contribution >= 4 is 27.7 Å². The van der Waals surface area contributed by atoms with Crippen molar-refractivity contribution in [2.75, 3.05) is 26.3 Å². The van der Waals surface area contributed by atoms with Crippen LogP contribution >= 0.6 is 15.9 Å². The Balaban J connectivity index is 2.05. The highest BCUT2D eigenvalue weighted by Crippen LogP contribution is 2.15. The number of carbonyl (C=O) groups is 2. The molecule has 20 heavy (non-hydrogen) atoms. The fourth-order valence-electron chi connectivity index (χ4n) is 2.19. The van der Waals surface area contributed by atoms with Gasteiger partial charge in [0.05, 0.1) is 13.2 Å². The lowest BCUT2D eigenvalue weighted by molar-refractivity contribution is -0.144. The van der Waals surface area contributed by atoms with Crippen molar-refractivity contribution in [3.8, 4) is 0 Å². The zero-order valence-corrected chi connectivity index (χ0v) is 12.5. The van der Waals surface area contributed by atoms with Crippen LogP contribution in [0.25, 0.3) is 0 Å². The van der Waals surface area contributed by atoms with E-state index in [4.69, 9.17) is 4.74 Å². The highest BCUT2D eigenvalue weighted by atomic mass is 79.9. The molecule has 1 heterocycles. The number of rotatable bonds is 5. The van der Waals surface area contributed by atoms with Crippen LogP contribution in [0.2, 0.25) is 0 Å². The molecule has 1 aliphatic rings. The summed E-state index contributed by atoms with van der Waals surface area (Å²) in [4.78, 5) is 25.3. The van der Waals surface area contributed by atoms with Gasteiger partial charge in [-0.3, -0.25) is 14.5 Å². The molecule has 1 atom stereocenters. The van der Waals surface area contributed by atoms with Crippen LogP contribution in [-0.4, -0.2) is 54.1 Å². The van der Waals surface area contributed by atoms with Crippen LogP contribution in [0.3, 0.4) is 0 Å². The summed E-state index contributed by atoms with van der Waals surface area (Å²) in [5.41, 5.74) is 0.535. The second kappa shape index (κ2) is 6.97. The van der Waals surface area contributed by atoms with E-state index >= 15 is 0 Å². The molecule has 1 aromatic carbocycles. The Morgan fingerprint density at radius 1 is 1.25 bits per heavy atom. The van der Waals surface area contributed by atoms with E-state index in [0.717, 1.165) is 4.47 Å². The average Bonchev–Trinajstić information content (AvgIpc) is 2.46. The van der Waals surface area contributed by atoms with Gasteiger partial charge in [0.25, 0.3) is 0 Å². The Labute approximate surface area is 125 Å². The van der Waals surface area contributed by atoms with E-state index in [1.807, 2.05) is 0 Å². The molecule has 1 N–H and O–H groups in total. The predicted octanol–water partition coefficient (Wildman–Crippen LogP) is 1.81. The van der Waals surface area contributed by atoms with Gasteiger partial charge in [-0.05, 0) is 12.1 Å². The number of ketones is 1. The van der Waals surface area contributed by atoms with Gasteiger partial charge in [-0.2, -0.15) is 0 Å². The summed E-state index contributed by atoms with van der Waals surface area (Å²) in [5, 5.41) is 9.32. The summed E-state index contributed by atoms with van der Waals surface area (Å²) < 4.78 is 6.09. The Morgan fingerprint density at radius 3 is 2.40 bits per heavy atom. The minimum absolute atomic E-state index is 0.0169. The number of Topliss-reactive ketones (excluding diaryl/α,β-unsaturated/α-hetero) is 1. The van der Waals surface area contributed by atoms with E-state index in [-0.39, 0.29) is 12.2 Å². The SMILES string of the molecule is O=C(CC(C(=O)O)N1CCOCC1)c1ccc(Br)cc1. The van der Waals surface area contributed by atoms with E-state index in [0.29, 0.717) is 31.9 Å². The van der Waals surface area contributed by atoms with Crippen molar-refractivity contribution in [2.24, 2.45) is 0 Å². The van der Waals surface area contributed by atoms with E-state index in [1.54, 1.807) is 29.2 Å². The maximum Gasteiger partial charge on any atom is 0.321 e. The first kappa shape index (κ1) is 15.2. The lowest BCUT2D eigenvalue weighted by Crippen LogP contribution is -2.48. The summed E-state index contributed by atoms with van der Waals surface area (Å²) in [7, 11) is 0. The maximum absolute atomic E-state index is 12.2. The van der Waals surface area contributed by atoms with E-state index in [1.165, 1.54) is 0 Å². The van der Waals surface area contributed by atoms with Crippen molar-refractivity contribution in [1.29, 1.82) is 0 Å². The molecule has 2 rings (SSSR count). The summed E-state index contributed by atoms with van der Waals surface area (Å²) in [6, 6.07) is 6.17. The van der Waals surface area contributed by atoms with Gasteiger partial charge >= 0.3 is 5.97 Å². The fraction of sp³-hybridized carbons (Fsp3) is 0.429. The first-order valence-corrected chi connectivity index (χ1v) is 7.20. The minimum Gasteiger partial charge on any atom is -0.480 e.